The van der Waals surface area contributed by atoms with Crippen molar-refractivity contribution in [1.29, 1.82) is 5.26 Å². The molecular weight excluding hydrogens is 431 g/mol. The smallest absolute Gasteiger partial charge is 0.342 e. The van der Waals surface area contributed by atoms with E-state index in [0.717, 1.165) is 11.3 Å². The Bertz CT molecular complexity index is 1260. The van der Waals surface area contributed by atoms with E-state index in [1.165, 1.54) is 25.1 Å². The Kier molecular flexibility index (Phi) is 5.58. The third-order valence-corrected chi connectivity index (χ3v) is 5.05. The number of nitriles is 1. The summed E-state index contributed by atoms with van der Waals surface area (Å²) >= 11 is 0.797. The van der Waals surface area contributed by atoms with Gasteiger partial charge in [0, 0.05) is 11.3 Å². The zero-order valence-electron chi connectivity index (χ0n) is 15.1. The van der Waals surface area contributed by atoms with Gasteiger partial charge in [0.05, 0.1) is 11.3 Å². The Morgan fingerprint density at radius 1 is 1.30 bits per heavy atom. The molecule has 2 heterocycles. The van der Waals surface area contributed by atoms with Crippen LogP contribution in [0.4, 0.5) is 22.0 Å². The molecule has 1 aromatic carbocycles. The summed E-state index contributed by atoms with van der Waals surface area (Å²) in [5.74, 6) is -3.47. The van der Waals surface area contributed by atoms with Gasteiger partial charge in [-0.2, -0.15) is 22.8 Å². The number of carbonyl (C=O) groups is 1. The maximum atomic E-state index is 14.7. The lowest BCUT2D eigenvalue weighted by Gasteiger charge is -2.09. The summed E-state index contributed by atoms with van der Waals surface area (Å²) in [5, 5.41) is 10.5. The quantitative estimate of drug-likeness (QED) is 0.629. The lowest BCUT2D eigenvalue weighted by Crippen LogP contribution is -2.36. The van der Waals surface area contributed by atoms with E-state index in [9.17, 15) is 31.5 Å². The monoisotopic (exact) mass is 442 g/mol. The summed E-state index contributed by atoms with van der Waals surface area (Å²) < 4.78 is 66.6. The van der Waals surface area contributed by atoms with Gasteiger partial charge in [0.2, 0.25) is 5.82 Å². The first kappa shape index (κ1) is 21.4. The molecule has 0 saturated carbocycles. The van der Waals surface area contributed by atoms with Crippen LogP contribution in [-0.4, -0.2) is 28.0 Å². The molecule has 30 heavy (non-hydrogen) atoms. The normalized spacial score (nSPS) is 11.5. The fraction of sp³-hybridized carbons (Fsp3) is 0.222. The maximum absolute atomic E-state index is 14.7. The van der Waals surface area contributed by atoms with Crippen molar-refractivity contribution < 1.29 is 26.7 Å². The van der Waals surface area contributed by atoms with Crippen LogP contribution >= 0.6 is 11.3 Å². The van der Waals surface area contributed by atoms with Crippen LogP contribution in [0.25, 0.3) is 4.96 Å². The molecule has 6 nitrogen and oxygen atoms in total. The zero-order chi connectivity index (χ0) is 22.2. The fourth-order valence-corrected chi connectivity index (χ4v) is 3.73. The van der Waals surface area contributed by atoms with Crippen molar-refractivity contribution in [1.82, 2.24) is 14.7 Å². The van der Waals surface area contributed by atoms with Gasteiger partial charge >= 0.3 is 6.18 Å². The minimum absolute atomic E-state index is 0.0689. The lowest BCUT2D eigenvalue weighted by molar-refractivity contribution is -0.123. The number of alkyl halides is 3. The Hall–Kier alpha value is -3.33. The minimum Gasteiger partial charge on any atom is -0.342 e. The number of hydrogen-bond donors (Lipinski definition) is 1. The molecular formula is C18H11F5N4O2S. The number of thiazole rings is 1. The molecule has 0 saturated heterocycles. The third-order valence-electron chi connectivity index (χ3n) is 4.09. The summed E-state index contributed by atoms with van der Waals surface area (Å²) in [7, 11) is 0. The van der Waals surface area contributed by atoms with Gasteiger partial charge in [0.15, 0.2) is 4.96 Å². The topological polar surface area (TPSA) is 87.3 Å². The second kappa shape index (κ2) is 7.83. The van der Waals surface area contributed by atoms with Gasteiger partial charge in [0.1, 0.15) is 24.1 Å². The van der Waals surface area contributed by atoms with Gasteiger partial charge in [-0.05, 0) is 18.6 Å². The van der Waals surface area contributed by atoms with E-state index >= 15 is 0 Å². The summed E-state index contributed by atoms with van der Waals surface area (Å²) in [5.41, 5.74) is -2.51. The summed E-state index contributed by atoms with van der Waals surface area (Å²) in [6.07, 6.45) is -5.11. The number of nitrogens with zero attached hydrogens (tertiary/aromatic N) is 3. The Morgan fingerprint density at radius 2 is 2.00 bits per heavy atom. The van der Waals surface area contributed by atoms with Crippen LogP contribution in [0.15, 0.2) is 23.0 Å². The number of nitrogens with one attached hydrogen (secondary N) is 1. The second-order valence-electron chi connectivity index (χ2n) is 6.17. The van der Waals surface area contributed by atoms with Crippen LogP contribution in [0.2, 0.25) is 0 Å². The van der Waals surface area contributed by atoms with Gasteiger partial charge < -0.3 is 5.32 Å². The van der Waals surface area contributed by atoms with Gasteiger partial charge in [-0.25, -0.2) is 13.8 Å². The van der Waals surface area contributed by atoms with Crippen molar-refractivity contribution in [3.63, 3.8) is 0 Å². The number of rotatable bonds is 4. The summed E-state index contributed by atoms with van der Waals surface area (Å²) in [4.78, 5) is 28.6. The molecule has 3 aromatic rings. The number of carbonyl (C=O) groups excluding carboxylic acids is 1. The molecule has 0 spiro atoms. The van der Waals surface area contributed by atoms with Gasteiger partial charge in [0.25, 0.3) is 11.5 Å². The van der Waals surface area contributed by atoms with Crippen molar-refractivity contribution in [2.45, 2.75) is 19.5 Å². The Morgan fingerprint density at radius 3 is 2.63 bits per heavy atom. The molecule has 1 amide bonds. The van der Waals surface area contributed by atoms with Gasteiger partial charge in [-0.1, -0.05) is 12.1 Å². The molecule has 0 fully saturated rings. The molecule has 0 unspecified atom stereocenters. The highest BCUT2D eigenvalue weighted by Crippen LogP contribution is 2.23. The van der Waals surface area contributed by atoms with Crippen LogP contribution in [0, 0.1) is 29.9 Å². The Balaban J connectivity index is 2.06. The van der Waals surface area contributed by atoms with Crippen molar-refractivity contribution in [3.8, 4) is 6.07 Å². The van der Waals surface area contributed by atoms with Crippen LogP contribution in [0.1, 0.15) is 32.2 Å². The van der Waals surface area contributed by atoms with Gasteiger partial charge in [-0.15, -0.1) is 11.3 Å². The summed E-state index contributed by atoms with van der Waals surface area (Å²) in [6, 6.07) is 5.56. The third kappa shape index (κ3) is 4.02. The van der Waals surface area contributed by atoms with Crippen LogP contribution < -0.4 is 10.9 Å². The van der Waals surface area contributed by atoms with Crippen LogP contribution in [0.5, 0.6) is 0 Å². The predicted octanol–water partition coefficient (Wildman–Crippen LogP) is 3.10. The molecule has 0 atom stereocenters. The van der Waals surface area contributed by atoms with E-state index in [4.69, 9.17) is 5.26 Å². The largest absolute Gasteiger partial charge is 0.405 e. The highest BCUT2D eigenvalue weighted by atomic mass is 32.1. The molecule has 3 rings (SSSR count). The average molecular weight is 442 g/mol. The Labute approximate surface area is 169 Å². The van der Waals surface area contributed by atoms with Crippen molar-refractivity contribution in [2.24, 2.45) is 0 Å². The maximum Gasteiger partial charge on any atom is 0.405 e. The SMILES string of the molecule is Cc1sc2nc(Cc3cccc(C#N)c3F)c(F)c(=O)n2c1C(=O)NCC(F)(F)F. The molecule has 12 heteroatoms. The number of benzene rings is 1. The number of aryl methyl sites for hydroxylation is 1. The number of halogens is 5. The lowest BCUT2D eigenvalue weighted by atomic mass is 10.1. The molecule has 0 aliphatic carbocycles. The van der Waals surface area contributed by atoms with E-state index in [-0.39, 0.29) is 21.0 Å². The average Bonchev–Trinajstić information content (AvgIpc) is 3.01. The highest BCUT2D eigenvalue weighted by molar-refractivity contribution is 7.17. The number of amides is 1. The first-order valence-electron chi connectivity index (χ1n) is 8.26. The van der Waals surface area contributed by atoms with E-state index in [2.05, 4.69) is 4.98 Å². The van der Waals surface area contributed by atoms with Gasteiger partial charge in [-0.3, -0.25) is 9.59 Å². The van der Waals surface area contributed by atoms with Crippen molar-refractivity contribution >= 4 is 22.2 Å². The van der Waals surface area contributed by atoms with Crippen molar-refractivity contribution in [2.75, 3.05) is 6.54 Å². The highest BCUT2D eigenvalue weighted by Gasteiger charge is 2.30. The number of fused-ring (bicyclic) bond motifs is 1. The van der Waals surface area contributed by atoms with Crippen LogP contribution in [0.3, 0.4) is 0 Å². The zero-order valence-corrected chi connectivity index (χ0v) is 15.9. The van der Waals surface area contributed by atoms with E-state index in [1.807, 2.05) is 0 Å². The van der Waals surface area contributed by atoms with E-state index < -0.39 is 53.6 Å². The van der Waals surface area contributed by atoms with E-state index in [0.29, 0.717) is 4.40 Å². The fourth-order valence-electron chi connectivity index (χ4n) is 2.76. The van der Waals surface area contributed by atoms with Crippen LogP contribution in [-0.2, 0) is 6.42 Å². The first-order chi connectivity index (χ1) is 14.0. The van der Waals surface area contributed by atoms with Crippen molar-refractivity contribution in [3.05, 3.63) is 67.6 Å². The molecule has 0 aliphatic rings. The second-order valence-corrected chi connectivity index (χ2v) is 7.35. The summed E-state index contributed by atoms with van der Waals surface area (Å²) in [6.45, 7) is -0.255. The van der Waals surface area contributed by atoms with E-state index in [1.54, 1.807) is 11.4 Å². The molecule has 1 N–H and O–H groups in total. The molecule has 156 valence electrons. The first-order valence-corrected chi connectivity index (χ1v) is 9.08. The molecule has 2 aromatic heterocycles. The number of hydrogen-bond acceptors (Lipinski definition) is 5. The minimum atomic E-state index is -4.67. The molecule has 0 aliphatic heterocycles. The molecule has 0 radical (unpaired) electrons. The predicted molar refractivity (Wildman–Crippen MR) is 96.3 cm³/mol. The standard InChI is InChI=1S/C18H11F5N4O2S/c1-8-14(15(28)25-7-18(21,22)23)27-16(29)13(20)11(26-17(27)30-8)5-9-3-2-4-10(6-24)12(9)19/h2-4H,5,7H2,1H3,(H,25,28). The number of aromatic nitrogens is 2. The molecule has 0 bridgehead atoms.